The molecule has 0 spiro atoms. The van der Waals surface area contributed by atoms with Crippen LogP contribution in [0.5, 0.6) is 0 Å². The molecule has 1 saturated heterocycles. The molecule has 0 saturated carbocycles. The van der Waals surface area contributed by atoms with Gasteiger partial charge in [-0.3, -0.25) is 11.3 Å². The van der Waals surface area contributed by atoms with Crippen LogP contribution in [0.1, 0.15) is 44.4 Å². The maximum absolute atomic E-state index is 11.6. The average Bonchev–Trinajstić information content (AvgIpc) is 2.70. The van der Waals surface area contributed by atoms with Gasteiger partial charge in [-0.1, -0.05) is 45.0 Å². The predicted octanol–water partition coefficient (Wildman–Crippen LogP) is 1.92. The predicted molar refractivity (Wildman–Crippen MR) is 82.0 cm³/mol. The van der Waals surface area contributed by atoms with Crippen molar-refractivity contribution >= 4 is 9.84 Å². The van der Waals surface area contributed by atoms with Crippen LogP contribution in [0.3, 0.4) is 0 Å². The Morgan fingerprint density at radius 2 is 1.85 bits per heavy atom. The molecule has 0 aliphatic carbocycles. The molecule has 1 fully saturated rings. The molecule has 0 amide bonds. The Hall–Kier alpha value is -0.910. The van der Waals surface area contributed by atoms with Gasteiger partial charge in [0.25, 0.3) is 0 Å². The first-order valence-corrected chi connectivity index (χ1v) is 8.82. The van der Waals surface area contributed by atoms with Crippen LogP contribution in [-0.2, 0) is 15.3 Å². The quantitative estimate of drug-likeness (QED) is 0.660. The Kier molecular flexibility index (Phi) is 4.23. The molecule has 112 valence electrons. The molecule has 2 rings (SSSR count). The molecule has 0 bridgehead atoms. The summed E-state index contributed by atoms with van der Waals surface area (Å²) in [7, 11) is -2.89. The Bertz CT molecular complexity index is 559. The number of benzene rings is 1. The lowest BCUT2D eigenvalue weighted by molar-refractivity contribution is 0.399. The van der Waals surface area contributed by atoms with Gasteiger partial charge in [0.05, 0.1) is 11.5 Å². The molecule has 1 aromatic rings. The van der Waals surface area contributed by atoms with E-state index in [1.807, 2.05) is 0 Å². The molecular weight excluding hydrogens is 272 g/mol. The van der Waals surface area contributed by atoms with E-state index in [0.717, 1.165) is 5.56 Å². The van der Waals surface area contributed by atoms with E-state index in [9.17, 15) is 8.42 Å². The highest BCUT2D eigenvalue weighted by molar-refractivity contribution is 7.91. The molecule has 1 aliphatic rings. The molecule has 0 radical (unpaired) electrons. The normalized spacial score (nSPS) is 23.7. The maximum Gasteiger partial charge on any atom is 0.150 e. The van der Waals surface area contributed by atoms with E-state index < -0.39 is 9.84 Å². The van der Waals surface area contributed by atoms with Crippen molar-refractivity contribution in [3.05, 3.63) is 35.4 Å². The van der Waals surface area contributed by atoms with Gasteiger partial charge in [0, 0.05) is 6.04 Å². The van der Waals surface area contributed by atoms with Crippen LogP contribution >= 0.6 is 0 Å². The first-order valence-electron chi connectivity index (χ1n) is 7.00. The van der Waals surface area contributed by atoms with Crippen LogP contribution < -0.4 is 11.3 Å². The third-order valence-electron chi connectivity index (χ3n) is 4.05. The van der Waals surface area contributed by atoms with E-state index in [-0.39, 0.29) is 28.9 Å². The minimum atomic E-state index is -2.89. The zero-order valence-electron chi connectivity index (χ0n) is 12.4. The molecule has 2 unspecified atom stereocenters. The van der Waals surface area contributed by atoms with Crippen molar-refractivity contribution in [2.75, 3.05) is 11.5 Å². The molecule has 0 aromatic heterocycles. The second-order valence-electron chi connectivity index (χ2n) is 6.68. The summed E-state index contributed by atoms with van der Waals surface area (Å²) in [4.78, 5) is 0. The zero-order chi connectivity index (χ0) is 15.0. The van der Waals surface area contributed by atoms with E-state index in [2.05, 4.69) is 50.5 Å². The SMILES string of the molecule is CC(C)(C)c1ccc(C(NN)C2CCS(=O)(=O)C2)cc1. The number of hydrogen-bond acceptors (Lipinski definition) is 4. The third-order valence-corrected chi connectivity index (χ3v) is 5.85. The zero-order valence-corrected chi connectivity index (χ0v) is 13.2. The van der Waals surface area contributed by atoms with Crippen LogP contribution in [0, 0.1) is 5.92 Å². The first-order chi connectivity index (χ1) is 9.23. The minimum Gasteiger partial charge on any atom is -0.271 e. The Labute approximate surface area is 121 Å². The average molecular weight is 296 g/mol. The van der Waals surface area contributed by atoms with Crippen molar-refractivity contribution in [2.45, 2.75) is 38.6 Å². The van der Waals surface area contributed by atoms with E-state index >= 15 is 0 Å². The second-order valence-corrected chi connectivity index (χ2v) is 8.91. The van der Waals surface area contributed by atoms with E-state index in [1.54, 1.807) is 0 Å². The Morgan fingerprint density at radius 1 is 1.25 bits per heavy atom. The number of hydrogen-bond donors (Lipinski definition) is 2. The van der Waals surface area contributed by atoms with Crippen LogP contribution in [0.2, 0.25) is 0 Å². The van der Waals surface area contributed by atoms with E-state index in [4.69, 9.17) is 5.84 Å². The molecule has 1 aliphatic heterocycles. The molecule has 3 N–H and O–H groups in total. The van der Waals surface area contributed by atoms with E-state index in [1.165, 1.54) is 5.56 Å². The van der Waals surface area contributed by atoms with Gasteiger partial charge in [-0.15, -0.1) is 0 Å². The number of sulfone groups is 1. The number of nitrogens with two attached hydrogens (primary N) is 1. The lowest BCUT2D eigenvalue weighted by Crippen LogP contribution is -2.34. The standard InChI is InChI=1S/C15H24N2O2S/c1-15(2,3)13-6-4-11(5-7-13)14(17-16)12-8-9-20(18,19)10-12/h4-7,12,14,17H,8-10,16H2,1-3H3. The Balaban J connectivity index is 2.21. The van der Waals surface area contributed by atoms with Crippen molar-refractivity contribution < 1.29 is 8.42 Å². The third kappa shape index (κ3) is 3.40. The molecule has 4 nitrogen and oxygen atoms in total. The monoisotopic (exact) mass is 296 g/mol. The summed E-state index contributed by atoms with van der Waals surface area (Å²) < 4.78 is 23.2. The lowest BCUT2D eigenvalue weighted by Gasteiger charge is -2.24. The van der Waals surface area contributed by atoms with Gasteiger partial charge >= 0.3 is 0 Å². The number of rotatable bonds is 3. The Morgan fingerprint density at radius 3 is 2.25 bits per heavy atom. The second kappa shape index (κ2) is 5.47. The van der Waals surface area contributed by atoms with Gasteiger partial charge in [-0.25, -0.2) is 8.42 Å². The van der Waals surface area contributed by atoms with Gasteiger partial charge in [0.2, 0.25) is 0 Å². The number of hydrazine groups is 1. The summed E-state index contributed by atoms with van der Waals surface area (Å²) >= 11 is 0. The topological polar surface area (TPSA) is 72.2 Å². The molecule has 1 heterocycles. The molecule has 20 heavy (non-hydrogen) atoms. The smallest absolute Gasteiger partial charge is 0.150 e. The summed E-state index contributed by atoms with van der Waals surface area (Å²) in [5.41, 5.74) is 5.22. The molecular formula is C15H24N2O2S. The van der Waals surface area contributed by atoms with Crippen molar-refractivity contribution in [1.82, 2.24) is 5.43 Å². The van der Waals surface area contributed by atoms with Gasteiger partial charge in [-0.2, -0.15) is 0 Å². The fourth-order valence-corrected chi connectivity index (χ4v) is 4.62. The van der Waals surface area contributed by atoms with Crippen LogP contribution in [0.4, 0.5) is 0 Å². The van der Waals surface area contributed by atoms with Gasteiger partial charge in [0.1, 0.15) is 0 Å². The van der Waals surface area contributed by atoms with Crippen molar-refractivity contribution in [3.8, 4) is 0 Å². The van der Waals surface area contributed by atoms with Gasteiger partial charge in [-0.05, 0) is 28.9 Å². The van der Waals surface area contributed by atoms with Crippen LogP contribution in [0.25, 0.3) is 0 Å². The molecule has 2 atom stereocenters. The van der Waals surface area contributed by atoms with Crippen LogP contribution in [-0.4, -0.2) is 19.9 Å². The fourth-order valence-electron chi connectivity index (χ4n) is 2.78. The molecule has 1 aromatic carbocycles. The summed E-state index contributed by atoms with van der Waals surface area (Å²) in [5, 5.41) is 0. The maximum atomic E-state index is 11.6. The summed E-state index contributed by atoms with van der Waals surface area (Å²) in [6.07, 6.45) is 0.679. The van der Waals surface area contributed by atoms with E-state index in [0.29, 0.717) is 6.42 Å². The summed E-state index contributed by atoms with van der Waals surface area (Å²) in [5.74, 6) is 6.21. The van der Waals surface area contributed by atoms with Crippen molar-refractivity contribution in [2.24, 2.45) is 11.8 Å². The molecule has 5 heteroatoms. The van der Waals surface area contributed by atoms with Gasteiger partial charge in [0.15, 0.2) is 9.84 Å². The highest BCUT2D eigenvalue weighted by Crippen LogP contribution is 2.32. The van der Waals surface area contributed by atoms with Crippen LogP contribution in [0.15, 0.2) is 24.3 Å². The highest BCUT2D eigenvalue weighted by Gasteiger charge is 2.34. The summed E-state index contributed by atoms with van der Waals surface area (Å²) in [6.45, 7) is 6.51. The summed E-state index contributed by atoms with van der Waals surface area (Å²) in [6, 6.07) is 8.21. The minimum absolute atomic E-state index is 0.0606. The lowest BCUT2D eigenvalue weighted by atomic mass is 9.85. The fraction of sp³-hybridized carbons (Fsp3) is 0.600. The largest absolute Gasteiger partial charge is 0.271 e. The highest BCUT2D eigenvalue weighted by atomic mass is 32.2. The van der Waals surface area contributed by atoms with Crippen molar-refractivity contribution in [1.29, 1.82) is 0 Å². The van der Waals surface area contributed by atoms with Gasteiger partial charge < -0.3 is 0 Å². The first kappa shape index (κ1) is 15.5. The number of nitrogens with one attached hydrogen (secondary N) is 1. The van der Waals surface area contributed by atoms with Crippen molar-refractivity contribution in [3.63, 3.8) is 0 Å².